The molecule has 0 amide bonds. The molecule has 27 heavy (non-hydrogen) atoms. The van der Waals surface area contributed by atoms with Crippen molar-refractivity contribution in [3.05, 3.63) is 52.5 Å². The Hall–Kier alpha value is -2.20. The van der Waals surface area contributed by atoms with Gasteiger partial charge in [-0.25, -0.2) is 0 Å². The van der Waals surface area contributed by atoms with Crippen LogP contribution in [0.3, 0.4) is 0 Å². The fourth-order valence-corrected chi connectivity index (χ4v) is 4.33. The topological polar surface area (TPSA) is 75.4 Å². The lowest BCUT2D eigenvalue weighted by Crippen LogP contribution is -2.27. The van der Waals surface area contributed by atoms with E-state index in [2.05, 4.69) is 27.3 Å². The van der Waals surface area contributed by atoms with Crippen molar-refractivity contribution in [3.63, 3.8) is 0 Å². The van der Waals surface area contributed by atoms with Crippen LogP contribution in [0.5, 0.6) is 5.75 Å². The second kappa shape index (κ2) is 7.81. The van der Waals surface area contributed by atoms with Crippen molar-refractivity contribution in [2.24, 2.45) is 0 Å². The van der Waals surface area contributed by atoms with Crippen LogP contribution in [0, 0.1) is 0 Å². The number of hydrogen-bond donors (Lipinski definition) is 2. The smallest absolute Gasteiger partial charge is 0.193 e. The maximum absolute atomic E-state index is 10.00. The molecular formula is C17H16ClN5O2S2. The molecule has 0 saturated heterocycles. The Morgan fingerprint density at radius 2 is 2.22 bits per heavy atom. The molecular weight excluding hydrogens is 406 g/mol. The highest BCUT2D eigenvalue weighted by molar-refractivity contribution is 7.99. The fourth-order valence-electron chi connectivity index (χ4n) is 2.59. The SMILES string of the molecule is CCn1c(SCN2C=C(c3cc(Cl)ccc3O)ON2)nnc1-c1cccs1. The van der Waals surface area contributed by atoms with Crippen molar-refractivity contribution in [2.75, 3.05) is 5.88 Å². The molecule has 10 heteroatoms. The van der Waals surface area contributed by atoms with E-state index in [4.69, 9.17) is 16.4 Å². The Kier molecular flexibility index (Phi) is 5.26. The number of benzene rings is 1. The first-order valence-corrected chi connectivity index (χ1v) is 10.4. The van der Waals surface area contributed by atoms with E-state index in [9.17, 15) is 5.11 Å². The molecule has 3 heterocycles. The maximum atomic E-state index is 10.00. The summed E-state index contributed by atoms with van der Waals surface area (Å²) >= 11 is 9.18. The Bertz CT molecular complexity index is 974. The number of rotatable bonds is 6. The molecule has 1 aliphatic heterocycles. The van der Waals surface area contributed by atoms with Crippen molar-refractivity contribution in [2.45, 2.75) is 18.6 Å². The minimum absolute atomic E-state index is 0.105. The van der Waals surface area contributed by atoms with Crippen LogP contribution in [0.15, 0.2) is 47.1 Å². The van der Waals surface area contributed by atoms with E-state index in [1.165, 1.54) is 17.8 Å². The number of phenolic OH excluding ortho intramolecular Hbond substituents is 1. The van der Waals surface area contributed by atoms with Gasteiger partial charge in [-0.05, 0) is 36.6 Å². The van der Waals surface area contributed by atoms with Gasteiger partial charge in [0, 0.05) is 11.6 Å². The zero-order valence-corrected chi connectivity index (χ0v) is 16.7. The summed E-state index contributed by atoms with van der Waals surface area (Å²) in [6.07, 6.45) is 1.77. The molecule has 0 unspecified atom stereocenters. The number of aromatic nitrogens is 3. The molecule has 4 rings (SSSR count). The number of phenols is 1. The van der Waals surface area contributed by atoms with Gasteiger partial charge in [0.15, 0.2) is 16.7 Å². The highest BCUT2D eigenvalue weighted by atomic mass is 35.5. The molecule has 140 valence electrons. The van der Waals surface area contributed by atoms with Crippen LogP contribution < -0.4 is 5.59 Å². The third-order valence-electron chi connectivity index (χ3n) is 3.88. The van der Waals surface area contributed by atoms with Gasteiger partial charge in [-0.1, -0.05) is 35.0 Å². The Labute approximate surface area is 169 Å². The minimum atomic E-state index is 0.105. The van der Waals surface area contributed by atoms with Crippen LogP contribution in [0.4, 0.5) is 0 Å². The number of thiophene rings is 1. The Balaban J connectivity index is 1.47. The van der Waals surface area contributed by atoms with E-state index >= 15 is 0 Å². The number of hydrogen-bond acceptors (Lipinski definition) is 8. The lowest BCUT2D eigenvalue weighted by molar-refractivity contribution is 0.0605. The predicted octanol–water partition coefficient (Wildman–Crippen LogP) is 4.19. The van der Waals surface area contributed by atoms with E-state index in [0.29, 0.717) is 22.2 Å². The molecule has 3 aromatic rings. The van der Waals surface area contributed by atoms with Crippen LogP contribution in [0.25, 0.3) is 16.5 Å². The fraction of sp³-hybridized carbons (Fsp3) is 0.176. The normalized spacial score (nSPS) is 13.7. The van der Waals surface area contributed by atoms with E-state index in [1.807, 2.05) is 17.5 Å². The van der Waals surface area contributed by atoms with Gasteiger partial charge in [0.1, 0.15) is 5.75 Å². The molecule has 0 radical (unpaired) electrons. The average Bonchev–Trinajstić information content (AvgIpc) is 3.41. The zero-order chi connectivity index (χ0) is 18.8. The third kappa shape index (κ3) is 3.77. The van der Waals surface area contributed by atoms with Crippen molar-refractivity contribution in [1.82, 2.24) is 25.4 Å². The summed E-state index contributed by atoms with van der Waals surface area (Å²) in [7, 11) is 0. The van der Waals surface area contributed by atoms with Gasteiger partial charge in [-0.15, -0.1) is 21.5 Å². The number of hydrazine groups is 1. The van der Waals surface area contributed by atoms with E-state index in [1.54, 1.807) is 34.7 Å². The minimum Gasteiger partial charge on any atom is -0.507 e. The van der Waals surface area contributed by atoms with Crippen molar-refractivity contribution in [3.8, 4) is 16.5 Å². The monoisotopic (exact) mass is 421 g/mol. The molecule has 2 N–H and O–H groups in total. The van der Waals surface area contributed by atoms with E-state index < -0.39 is 0 Å². The molecule has 0 saturated carbocycles. The van der Waals surface area contributed by atoms with Gasteiger partial charge in [-0.3, -0.25) is 5.01 Å². The van der Waals surface area contributed by atoms with Crippen LogP contribution in [-0.4, -0.2) is 30.8 Å². The van der Waals surface area contributed by atoms with Gasteiger partial charge in [0.25, 0.3) is 0 Å². The number of aromatic hydroxyl groups is 1. The lowest BCUT2D eigenvalue weighted by Gasteiger charge is -2.13. The lowest BCUT2D eigenvalue weighted by atomic mass is 10.2. The molecule has 2 aromatic heterocycles. The van der Waals surface area contributed by atoms with Crippen LogP contribution in [0.1, 0.15) is 12.5 Å². The van der Waals surface area contributed by atoms with E-state index in [0.717, 1.165) is 22.4 Å². The summed E-state index contributed by atoms with van der Waals surface area (Å²) in [5, 5.41) is 23.8. The zero-order valence-electron chi connectivity index (χ0n) is 14.3. The quantitative estimate of drug-likeness (QED) is 0.578. The average molecular weight is 422 g/mol. The standard InChI is InChI=1S/C17H16ClN5O2S2/c1-2-23-16(15-4-3-7-26-15)19-20-17(23)27-10-22-9-14(25-21-22)12-8-11(18)5-6-13(12)24/h3-9,21,24H,2,10H2,1H3. The van der Waals surface area contributed by atoms with Crippen LogP contribution in [0.2, 0.25) is 5.02 Å². The number of nitrogens with zero attached hydrogens (tertiary/aromatic N) is 4. The van der Waals surface area contributed by atoms with Crippen LogP contribution in [-0.2, 0) is 11.4 Å². The molecule has 1 aromatic carbocycles. The first-order chi connectivity index (χ1) is 13.2. The summed E-state index contributed by atoms with van der Waals surface area (Å²) in [4.78, 5) is 6.56. The maximum Gasteiger partial charge on any atom is 0.193 e. The van der Waals surface area contributed by atoms with Crippen LogP contribution >= 0.6 is 34.7 Å². The summed E-state index contributed by atoms with van der Waals surface area (Å²) in [5.41, 5.74) is 3.33. The third-order valence-corrected chi connectivity index (χ3v) is 5.95. The number of thioether (sulfide) groups is 1. The summed E-state index contributed by atoms with van der Waals surface area (Å²) in [6, 6.07) is 8.86. The van der Waals surface area contributed by atoms with Crippen molar-refractivity contribution < 1.29 is 9.94 Å². The Morgan fingerprint density at radius 3 is 3.00 bits per heavy atom. The van der Waals surface area contributed by atoms with Crippen molar-refractivity contribution in [1.29, 1.82) is 0 Å². The first-order valence-electron chi connectivity index (χ1n) is 8.15. The second-order valence-corrected chi connectivity index (χ2v) is 7.92. The van der Waals surface area contributed by atoms with Gasteiger partial charge < -0.3 is 14.5 Å². The van der Waals surface area contributed by atoms with Gasteiger partial charge in [-0.2, -0.15) is 0 Å². The second-order valence-electron chi connectivity index (χ2n) is 5.62. The van der Waals surface area contributed by atoms with Gasteiger partial charge in [0.2, 0.25) is 0 Å². The predicted molar refractivity (Wildman–Crippen MR) is 107 cm³/mol. The van der Waals surface area contributed by atoms with Crippen molar-refractivity contribution >= 4 is 40.5 Å². The summed E-state index contributed by atoms with van der Waals surface area (Å²) in [6.45, 7) is 2.85. The molecule has 0 fully saturated rings. The largest absolute Gasteiger partial charge is 0.507 e. The molecule has 0 aliphatic carbocycles. The molecule has 0 atom stereocenters. The number of nitrogens with one attached hydrogen (secondary N) is 1. The summed E-state index contributed by atoms with van der Waals surface area (Å²) in [5.74, 6) is 2.02. The first kappa shape index (κ1) is 18.2. The van der Waals surface area contributed by atoms with Gasteiger partial charge >= 0.3 is 0 Å². The van der Waals surface area contributed by atoms with Gasteiger partial charge in [0.05, 0.1) is 22.5 Å². The Morgan fingerprint density at radius 1 is 1.33 bits per heavy atom. The number of halogens is 1. The summed E-state index contributed by atoms with van der Waals surface area (Å²) < 4.78 is 2.08. The highest BCUT2D eigenvalue weighted by Gasteiger charge is 2.20. The molecule has 7 nitrogen and oxygen atoms in total. The van der Waals surface area contributed by atoms with E-state index in [-0.39, 0.29) is 5.75 Å². The molecule has 1 aliphatic rings. The highest BCUT2D eigenvalue weighted by Crippen LogP contribution is 2.32. The molecule has 0 bridgehead atoms. The molecule has 0 spiro atoms.